The summed E-state index contributed by atoms with van der Waals surface area (Å²) >= 11 is 0. The Morgan fingerprint density at radius 3 is 2.90 bits per heavy atom. The molecule has 20 heavy (non-hydrogen) atoms. The van der Waals surface area contributed by atoms with Crippen LogP contribution in [0.25, 0.3) is 0 Å². The number of carbonyl (C=O) groups excluding carboxylic acids is 1. The fraction of sp³-hybridized carbons (Fsp3) is 0.250. The van der Waals surface area contributed by atoms with Crippen LogP contribution < -0.4 is 11.1 Å². The number of nitrogens with two attached hydrogens (primary N) is 1. The molecule has 0 aliphatic heterocycles. The summed E-state index contributed by atoms with van der Waals surface area (Å²) in [7, 11) is 0. The van der Waals surface area contributed by atoms with Gasteiger partial charge in [0, 0.05) is 0 Å². The summed E-state index contributed by atoms with van der Waals surface area (Å²) in [4.78, 5) is 11.5. The highest BCUT2D eigenvalue weighted by molar-refractivity contribution is 5.83. The highest BCUT2D eigenvalue weighted by atomic mass is 19.1. The summed E-state index contributed by atoms with van der Waals surface area (Å²) < 4.78 is 14.9. The zero-order chi connectivity index (χ0) is 14.5. The van der Waals surface area contributed by atoms with Gasteiger partial charge < -0.3 is 16.2 Å². The Morgan fingerprint density at radius 1 is 1.50 bits per heavy atom. The smallest absolute Gasteiger partial charge is 0.246 e. The van der Waals surface area contributed by atoms with Crippen LogP contribution in [0.5, 0.6) is 0 Å². The molecule has 0 fully saturated rings. The first kappa shape index (κ1) is 13.9. The summed E-state index contributed by atoms with van der Waals surface area (Å²) in [5, 5.41) is 19.0. The van der Waals surface area contributed by atoms with Crippen molar-refractivity contribution in [2.24, 2.45) is 5.73 Å². The minimum absolute atomic E-state index is 0.106. The molecule has 0 bridgehead atoms. The lowest BCUT2D eigenvalue weighted by Gasteiger charge is -2.14. The number of anilines is 1. The number of carbonyl (C=O) groups is 1. The molecule has 1 aromatic heterocycles. The number of hydrogen-bond donors (Lipinski definition) is 3. The summed E-state index contributed by atoms with van der Waals surface area (Å²) in [6.07, 6.45) is 1.47. The minimum Gasteiger partial charge on any atom is -0.394 e. The standard InChI is InChI=1S/C12H14FN5O2/c13-8-3-1-2-4-9(8)15-11(12(14)20)10-7-18(5-6-19)17-16-10/h1-4,7,11,15,19H,5-6H2,(H2,14,20). The van der Waals surface area contributed by atoms with Crippen molar-refractivity contribution in [2.75, 3.05) is 11.9 Å². The van der Waals surface area contributed by atoms with Gasteiger partial charge in [-0.05, 0) is 12.1 Å². The maximum Gasteiger partial charge on any atom is 0.246 e. The van der Waals surface area contributed by atoms with Gasteiger partial charge >= 0.3 is 0 Å². The number of aliphatic hydroxyl groups excluding tert-OH is 1. The molecule has 1 heterocycles. The number of benzene rings is 1. The monoisotopic (exact) mass is 279 g/mol. The number of rotatable bonds is 6. The maximum atomic E-state index is 13.6. The maximum absolute atomic E-state index is 13.6. The molecule has 8 heteroatoms. The van der Waals surface area contributed by atoms with Gasteiger partial charge in [-0.15, -0.1) is 5.10 Å². The van der Waals surface area contributed by atoms with E-state index in [2.05, 4.69) is 15.6 Å². The first-order chi connectivity index (χ1) is 9.61. The van der Waals surface area contributed by atoms with Crippen molar-refractivity contribution in [3.8, 4) is 0 Å². The number of nitrogens with one attached hydrogen (secondary N) is 1. The lowest BCUT2D eigenvalue weighted by molar-refractivity contribution is -0.118. The molecule has 1 amide bonds. The van der Waals surface area contributed by atoms with Gasteiger partial charge in [-0.25, -0.2) is 9.07 Å². The van der Waals surface area contributed by atoms with Crippen LogP contribution in [0, 0.1) is 5.82 Å². The second-order valence-corrected chi connectivity index (χ2v) is 4.09. The molecule has 0 aliphatic rings. The Bertz CT molecular complexity index is 601. The van der Waals surface area contributed by atoms with Gasteiger partial charge in [-0.1, -0.05) is 17.3 Å². The molecule has 106 valence electrons. The fourth-order valence-corrected chi connectivity index (χ4v) is 1.68. The first-order valence-corrected chi connectivity index (χ1v) is 5.93. The Balaban J connectivity index is 2.23. The van der Waals surface area contributed by atoms with Gasteiger partial charge in [-0.3, -0.25) is 4.79 Å². The van der Waals surface area contributed by atoms with E-state index >= 15 is 0 Å². The topological polar surface area (TPSA) is 106 Å². The van der Waals surface area contributed by atoms with Crippen LogP contribution in [0.1, 0.15) is 11.7 Å². The molecule has 4 N–H and O–H groups in total. The summed E-state index contributed by atoms with van der Waals surface area (Å²) in [5.41, 5.74) is 5.70. The highest BCUT2D eigenvalue weighted by Gasteiger charge is 2.22. The minimum atomic E-state index is -1.00. The van der Waals surface area contributed by atoms with Crippen LogP contribution in [-0.4, -0.2) is 32.6 Å². The second-order valence-electron chi connectivity index (χ2n) is 4.09. The first-order valence-electron chi connectivity index (χ1n) is 5.93. The average molecular weight is 279 g/mol. The fourth-order valence-electron chi connectivity index (χ4n) is 1.68. The van der Waals surface area contributed by atoms with Gasteiger partial charge in [0.2, 0.25) is 5.91 Å². The van der Waals surface area contributed by atoms with Crippen LogP contribution >= 0.6 is 0 Å². The van der Waals surface area contributed by atoms with Crippen molar-refractivity contribution in [1.82, 2.24) is 15.0 Å². The van der Waals surface area contributed by atoms with Crippen LogP contribution in [0.4, 0.5) is 10.1 Å². The normalized spacial score (nSPS) is 12.1. The molecule has 0 saturated heterocycles. The molecule has 1 aromatic carbocycles. The van der Waals surface area contributed by atoms with E-state index in [1.165, 1.54) is 29.1 Å². The number of para-hydroxylation sites is 1. The van der Waals surface area contributed by atoms with Crippen molar-refractivity contribution in [3.05, 3.63) is 42.0 Å². The molecule has 0 spiro atoms. The molecule has 2 aromatic rings. The molecule has 7 nitrogen and oxygen atoms in total. The van der Waals surface area contributed by atoms with E-state index in [0.717, 1.165) is 0 Å². The van der Waals surface area contributed by atoms with Crippen molar-refractivity contribution >= 4 is 11.6 Å². The van der Waals surface area contributed by atoms with Gasteiger partial charge in [0.25, 0.3) is 0 Å². The lowest BCUT2D eigenvalue weighted by Crippen LogP contribution is -2.28. The SMILES string of the molecule is NC(=O)C(Nc1ccccc1F)c1cn(CCO)nn1. The average Bonchev–Trinajstić information content (AvgIpc) is 2.86. The predicted molar refractivity (Wildman–Crippen MR) is 69.1 cm³/mol. The Hall–Kier alpha value is -2.48. The van der Waals surface area contributed by atoms with E-state index in [9.17, 15) is 9.18 Å². The largest absolute Gasteiger partial charge is 0.394 e. The van der Waals surface area contributed by atoms with Crippen LogP contribution in [0.15, 0.2) is 30.5 Å². The number of hydrogen-bond acceptors (Lipinski definition) is 5. The highest BCUT2D eigenvalue weighted by Crippen LogP contribution is 2.20. The number of aliphatic hydroxyl groups is 1. The summed E-state index contributed by atoms with van der Waals surface area (Å²) in [6, 6.07) is 4.93. The van der Waals surface area contributed by atoms with Crippen molar-refractivity contribution < 1.29 is 14.3 Å². The molecule has 0 aliphatic carbocycles. The summed E-state index contributed by atoms with van der Waals surface area (Å²) in [6.45, 7) is 0.142. The zero-order valence-electron chi connectivity index (χ0n) is 10.5. The third-order valence-corrected chi connectivity index (χ3v) is 2.64. The number of primary amides is 1. The predicted octanol–water partition coefficient (Wildman–Crippen LogP) is 0.0480. The second kappa shape index (κ2) is 6.11. The van der Waals surface area contributed by atoms with E-state index < -0.39 is 17.8 Å². The molecule has 0 saturated carbocycles. The molecule has 2 rings (SSSR count). The van der Waals surface area contributed by atoms with Crippen molar-refractivity contribution in [3.63, 3.8) is 0 Å². The Kier molecular flexibility index (Phi) is 4.26. The van der Waals surface area contributed by atoms with Crippen LogP contribution in [-0.2, 0) is 11.3 Å². The van der Waals surface area contributed by atoms with Gasteiger partial charge in [0.1, 0.15) is 11.5 Å². The number of amides is 1. The van der Waals surface area contributed by atoms with E-state index in [1.807, 2.05) is 0 Å². The van der Waals surface area contributed by atoms with Gasteiger partial charge in [-0.2, -0.15) is 0 Å². The van der Waals surface area contributed by atoms with E-state index in [1.54, 1.807) is 6.07 Å². The van der Waals surface area contributed by atoms with Gasteiger partial charge in [0.05, 0.1) is 25.0 Å². The molecular formula is C12H14FN5O2. The number of halogens is 1. The van der Waals surface area contributed by atoms with E-state index in [4.69, 9.17) is 10.8 Å². The molecular weight excluding hydrogens is 265 g/mol. The van der Waals surface area contributed by atoms with E-state index in [-0.39, 0.29) is 24.5 Å². The third-order valence-electron chi connectivity index (χ3n) is 2.64. The van der Waals surface area contributed by atoms with Crippen LogP contribution in [0.3, 0.4) is 0 Å². The quantitative estimate of drug-likeness (QED) is 0.692. The summed E-state index contributed by atoms with van der Waals surface area (Å²) in [5.74, 6) is -1.20. The third kappa shape index (κ3) is 3.09. The zero-order valence-corrected chi connectivity index (χ0v) is 10.5. The number of aromatic nitrogens is 3. The lowest BCUT2D eigenvalue weighted by atomic mass is 10.2. The van der Waals surface area contributed by atoms with Crippen molar-refractivity contribution in [2.45, 2.75) is 12.6 Å². The molecule has 1 atom stereocenters. The van der Waals surface area contributed by atoms with Crippen molar-refractivity contribution in [1.29, 1.82) is 0 Å². The van der Waals surface area contributed by atoms with Gasteiger partial charge in [0.15, 0.2) is 6.04 Å². The Labute approximate surface area is 114 Å². The van der Waals surface area contributed by atoms with Crippen LogP contribution in [0.2, 0.25) is 0 Å². The molecule has 1 unspecified atom stereocenters. The number of nitrogens with zero attached hydrogens (tertiary/aromatic N) is 3. The molecule has 0 radical (unpaired) electrons. The van der Waals surface area contributed by atoms with E-state index in [0.29, 0.717) is 0 Å². The Morgan fingerprint density at radius 2 is 2.25 bits per heavy atom.